The fourth-order valence-electron chi connectivity index (χ4n) is 4.49. The van der Waals surface area contributed by atoms with Gasteiger partial charge < -0.3 is 14.4 Å². The number of amides is 1. The Balaban J connectivity index is 1.74. The fraction of sp³-hybridized carbons (Fsp3) is 0.636. The number of likely N-dealkylation sites (tertiary alicyclic amines) is 1. The number of halogens is 1. The Labute approximate surface area is 172 Å². The highest BCUT2D eigenvalue weighted by Crippen LogP contribution is 2.62. The van der Waals surface area contributed by atoms with Gasteiger partial charge in [-0.05, 0) is 70.6 Å². The van der Waals surface area contributed by atoms with Crippen LogP contribution < -0.4 is 0 Å². The number of ether oxygens (including phenoxy) is 2. The minimum Gasteiger partial charge on any atom is -0.466 e. The van der Waals surface area contributed by atoms with Crippen molar-refractivity contribution in [3.8, 4) is 0 Å². The Morgan fingerprint density at radius 1 is 1.18 bits per heavy atom. The Morgan fingerprint density at radius 3 is 2.32 bits per heavy atom. The average molecular weight is 408 g/mol. The lowest BCUT2D eigenvalue weighted by Crippen LogP contribution is -2.44. The minimum absolute atomic E-state index is 0.118. The van der Waals surface area contributed by atoms with E-state index in [4.69, 9.17) is 21.1 Å². The number of nitrogens with zero attached hydrogens (tertiary/aromatic N) is 1. The highest BCUT2D eigenvalue weighted by molar-refractivity contribution is 6.30. The number of benzene rings is 1. The predicted molar refractivity (Wildman–Crippen MR) is 108 cm³/mol. The van der Waals surface area contributed by atoms with E-state index in [1.165, 1.54) is 0 Å². The summed E-state index contributed by atoms with van der Waals surface area (Å²) in [6.45, 7) is 9.14. The fourth-order valence-corrected chi connectivity index (χ4v) is 4.61. The van der Waals surface area contributed by atoms with Gasteiger partial charge >= 0.3 is 12.1 Å². The third-order valence-electron chi connectivity index (χ3n) is 5.83. The van der Waals surface area contributed by atoms with Gasteiger partial charge in [-0.15, -0.1) is 0 Å². The second-order valence-electron chi connectivity index (χ2n) is 8.80. The van der Waals surface area contributed by atoms with Crippen LogP contribution in [0, 0.1) is 11.8 Å². The van der Waals surface area contributed by atoms with Crippen molar-refractivity contribution in [3.63, 3.8) is 0 Å². The van der Waals surface area contributed by atoms with Crippen LogP contribution in [-0.4, -0.2) is 42.3 Å². The van der Waals surface area contributed by atoms with Crippen molar-refractivity contribution in [2.45, 2.75) is 58.0 Å². The molecule has 1 aliphatic heterocycles. The zero-order valence-electron chi connectivity index (χ0n) is 17.2. The molecule has 28 heavy (non-hydrogen) atoms. The summed E-state index contributed by atoms with van der Waals surface area (Å²) in [6.07, 6.45) is 2.23. The second-order valence-corrected chi connectivity index (χ2v) is 9.23. The smallest absolute Gasteiger partial charge is 0.410 e. The van der Waals surface area contributed by atoms with Crippen LogP contribution in [0.2, 0.25) is 5.02 Å². The Bertz CT molecular complexity index is 719. The van der Waals surface area contributed by atoms with E-state index in [2.05, 4.69) is 0 Å². The van der Waals surface area contributed by atoms with Gasteiger partial charge in [-0.1, -0.05) is 23.7 Å². The first kappa shape index (κ1) is 21.0. The number of hydrogen-bond acceptors (Lipinski definition) is 4. The van der Waals surface area contributed by atoms with Crippen molar-refractivity contribution >= 4 is 23.7 Å². The largest absolute Gasteiger partial charge is 0.466 e. The van der Waals surface area contributed by atoms with E-state index in [0.717, 1.165) is 24.8 Å². The van der Waals surface area contributed by atoms with Crippen LogP contribution in [0.25, 0.3) is 0 Å². The number of hydrogen-bond donors (Lipinski definition) is 0. The lowest BCUT2D eigenvalue weighted by molar-refractivity contribution is -0.145. The number of rotatable bonds is 4. The maximum atomic E-state index is 12.5. The molecule has 1 aromatic carbocycles. The first-order valence-electron chi connectivity index (χ1n) is 10.1. The van der Waals surface area contributed by atoms with Gasteiger partial charge in [0.05, 0.1) is 12.5 Å². The Morgan fingerprint density at radius 2 is 1.79 bits per heavy atom. The summed E-state index contributed by atoms with van der Waals surface area (Å²) in [5.41, 5.74) is 0.437. The lowest BCUT2D eigenvalue weighted by Gasteiger charge is -2.37. The maximum Gasteiger partial charge on any atom is 0.410 e. The van der Waals surface area contributed by atoms with Crippen molar-refractivity contribution in [1.82, 2.24) is 4.90 Å². The first-order chi connectivity index (χ1) is 13.2. The summed E-state index contributed by atoms with van der Waals surface area (Å²) in [5.74, 6) is 0.0838. The van der Waals surface area contributed by atoms with Crippen molar-refractivity contribution in [2.24, 2.45) is 11.8 Å². The van der Waals surface area contributed by atoms with Gasteiger partial charge in [0.25, 0.3) is 0 Å². The molecule has 5 nitrogen and oxygen atoms in total. The molecule has 2 fully saturated rings. The van der Waals surface area contributed by atoms with Gasteiger partial charge in [0.1, 0.15) is 5.60 Å². The molecule has 1 aromatic rings. The molecule has 154 valence electrons. The van der Waals surface area contributed by atoms with E-state index >= 15 is 0 Å². The minimum atomic E-state index is -0.496. The lowest BCUT2D eigenvalue weighted by atomic mass is 9.75. The average Bonchev–Trinajstić information content (AvgIpc) is 3.38. The van der Waals surface area contributed by atoms with E-state index in [0.29, 0.717) is 30.6 Å². The van der Waals surface area contributed by atoms with E-state index < -0.39 is 5.60 Å². The maximum absolute atomic E-state index is 12.5. The van der Waals surface area contributed by atoms with Gasteiger partial charge in [0.15, 0.2) is 0 Å². The molecule has 0 unspecified atom stereocenters. The summed E-state index contributed by atoms with van der Waals surface area (Å²) in [5, 5.41) is 0.687. The van der Waals surface area contributed by atoms with E-state index in [9.17, 15) is 9.59 Å². The molecule has 3 rings (SSSR count). The molecule has 0 spiro atoms. The molecule has 2 aliphatic rings. The molecule has 0 N–H and O–H groups in total. The van der Waals surface area contributed by atoms with Gasteiger partial charge in [-0.25, -0.2) is 4.79 Å². The van der Waals surface area contributed by atoms with E-state index in [-0.39, 0.29) is 23.4 Å². The number of esters is 1. The topological polar surface area (TPSA) is 55.8 Å². The predicted octanol–water partition coefficient (Wildman–Crippen LogP) is 4.81. The number of carbonyl (C=O) groups excluding carboxylic acids is 2. The standard InChI is InChI=1S/C22H30ClNO4/c1-5-27-19(25)18-14-22(18,15-6-8-17(23)9-7-15)16-10-12-24(13-11-16)20(26)28-21(2,3)4/h6-9,16,18H,5,10-14H2,1-4H3/t18-,22-/m0/s1. The van der Waals surface area contributed by atoms with Gasteiger partial charge in [-0.2, -0.15) is 0 Å². The van der Waals surface area contributed by atoms with Crippen molar-refractivity contribution in [3.05, 3.63) is 34.9 Å². The molecular formula is C22H30ClNO4. The monoisotopic (exact) mass is 407 g/mol. The molecular weight excluding hydrogens is 378 g/mol. The molecule has 1 amide bonds. The zero-order chi connectivity index (χ0) is 20.5. The van der Waals surface area contributed by atoms with Crippen LogP contribution in [0.1, 0.15) is 52.5 Å². The van der Waals surface area contributed by atoms with Crippen LogP contribution >= 0.6 is 11.6 Å². The van der Waals surface area contributed by atoms with Crippen molar-refractivity contribution < 1.29 is 19.1 Å². The van der Waals surface area contributed by atoms with Gasteiger partial charge in [0.2, 0.25) is 0 Å². The molecule has 1 heterocycles. The Kier molecular flexibility index (Phi) is 5.95. The zero-order valence-corrected chi connectivity index (χ0v) is 17.9. The van der Waals surface area contributed by atoms with Gasteiger partial charge in [0, 0.05) is 23.5 Å². The molecule has 1 saturated heterocycles. The molecule has 0 bridgehead atoms. The molecule has 0 aromatic heterocycles. The molecule has 1 aliphatic carbocycles. The summed E-state index contributed by atoms with van der Waals surface area (Å²) < 4.78 is 10.8. The molecule has 2 atom stereocenters. The SMILES string of the molecule is CCOC(=O)[C@@H]1C[C@]1(c1ccc(Cl)cc1)C1CCN(C(=O)OC(C)(C)C)CC1. The van der Waals surface area contributed by atoms with Crippen LogP contribution in [-0.2, 0) is 19.7 Å². The highest BCUT2D eigenvalue weighted by atomic mass is 35.5. The number of piperidine rings is 1. The normalized spacial score (nSPS) is 25.3. The Hall–Kier alpha value is -1.75. The molecule has 0 radical (unpaired) electrons. The summed E-state index contributed by atoms with van der Waals surface area (Å²) >= 11 is 6.07. The van der Waals surface area contributed by atoms with Crippen LogP contribution in [0.15, 0.2) is 24.3 Å². The van der Waals surface area contributed by atoms with Crippen molar-refractivity contribution in [1.29, 1.82) is 0 Å². The van der Waals surface area contributed by atoms with Crippen LogP contribution in [0.3, 0.4) is 0 Å². The summed E-state index contributed by atoms with van der Waals surface area (Å²) in [6, 6.07) is 7.83. The third kappa shape index (κ3) is 4.29. The highest BCUT2D eigenvalue weighted by Gasteiger charge is 2.64. The quantitative estimate of drug-likeness (QED) is 0.672. The van der Waals surface area contributed by atoms with Crippen molar-refractivity contribution in [2.75, 3.05) is 19.7 Å². The summed E-state index contributed by atoms with van der Waals surface area (Å²) in [7, 11) is 0. The molecule has 6 heteroatoms. The van der Waals surface area contributed by atoms with E-state index in [1.54, 1.807) is 4.90 Å². The second kappa shape index (κ2) is 7.94. The van der Waals surface area contributed by atoms with Gasteiger partial charge in [-0.3, -0.25) is 4.79 Å². The summed E-state index contributed by atoms with van der Waals surface area (Å²) in [4.78, 5) is 26.6. The van der Waals surface area contributed by atoms with Crippen LogP contribution in [0.5, 0.6) is 0 Å². The van der Waals surface area contributed by atoms with Crippen LogP contribution in [0.4, 0.5) is 4.79 Å². The third-order valence-corrected chi connectivity index (χ3v) is 6.08. The number of carbonyl (C=O) groups is 2. The van der Waals surface area contributed by atoms with E-state index in [1.807, 2.05) is 52.0 Å². The first-order valence-corrected chi connectivity index (χ1v) is 10.5. The molecule has 1 saturated carbocycles.